The quantitative estimate of drug-likeness (QED) is 0.587. The molecule has 0 radical (unpaired) electrons. The van der Waals surface area contributed by atoms with Crippen LogP contribution in [0.2, 0.25) is 0 Å². The van der Waals surface area contributed by atoms with Crippen LogP contribution in [0, 0.1) is 5.92 Å². The van der Waals surface area contributed by atoms with Gasteiger partial charge in [-0.1, -0.05) is 12.2 Å². The summed E-state index contributed by atoms with van der Waals surface area (Å²) in [5.41, 5.74) is 0. The number of hydrogen-bond acceptors (Lipinski definition) is 2. The van der Waals surface area contributed by atoms with E-state index in [4.69, 9.17) is 5.11 Å². The Kier molecular flexibility index (Phi) is 3.60. The Hall–Kier alpha value is -0.340. The third-order valence-corrected chi connectivity index (χ3v) is 2.26. The molecule has 0 aromatic carbocycles. The van der Waals surface area contributed by atoms with Crippen LogP contribution in [0.15, 0.2) is 12.2 Å². The molecule has 1 rings (SSSR count). The highest BCUT2D eigenvalue weighted by Crippen LogP contribution is 2.24. The molecule has 1 aliphatic rings. The number of rotatable bonds is 2. The van der Waals surface area contributed by atoms with Crippen LogP contribution < -0.4 is 0 Å². The molecule has 11 heavy (non-hydrogen) atoms. The molecule has 0 aromatic rings. The molecule has 1 aliphatic carbocycles. The summed E-state index contributed by atoms with van der Waals surface area (Å²) < 4.78 is 0. The fourth-order valence-electron chi connectivity index (χ4n) is 1.55. The maximum Gasteiger partial charge on any atom is 0.0612 e. The summed E-state index contributed by atoms with van der Waals surface area (Å²) in [4.78, 5) is 0. The van der Waals surface area contributed by atoms with Gasteiger partial charge in [0.05, 0.1) is 12.7 Å². The fraction of sp³-hybridized carbons (Fsp3) is 0.778. The molecule has 0 spiro atoms. The Labute approximate surface area is 67.6 Å². The Morgan fingerprint density at radius 2 is 1.82 bits per heavy atom. The van der Waals surface area contributed by atoms with Gasteiger partial charge in [-0.2, -0.15) is 0 Å². The van der Waals surface area contributed by atoms with Crippen LogP contribution in [0.25, 0.3) is 0 Å². The van der Waals surface area contributed by atoms with E-state index in [1.807, 2.05) is 0 Å². The average Bonchev–Trinajstić information content (AvgIpc) is 2.04. The van der Waals surface area contributed by atoms with Gasteiger partial charge in [0.25, 0.3) is 0 Å². The molecule has 0 amide bonds. The highest BCUT2D eigenvalue weighted by molar-refractivity contribution is 4.90. The zero-order valence-electron chi connectivity index (χ0n) is 6.74. The van der Waals surface area contributed by atoms with Crippen molar-refractivity contribution in [2.45, 2.75) is 31.8 Å². The molecule has 0 saturated heterocycles. The first kappa shape index (κ1) is 8.75. The van der Waals surface area contributed by atoms with E-state index in [9.17, 15) is 5.11 Å². The van der Waals surface area contributed by atoms with E-state index in [1.54, 1.807) is 6.08 Å². The zero-order chi connectivity index (χ0) is 8.10. The number of aliphatic hydroxyl groups is 2. The lowest BCUT2D eigenvalue weighted by atomic mass is 9.87. The van der Waals surface area contributed by atoms with Gasteiger partial charge in [-0.15, -0.1) is 0 Å². The summed E-state index contributed by atoms with van der Waals surface area (Å²) in [7, 11) is 0. The number of aliphatic hydroxyl groups excluding tert-OH is 2. The van der Waals surface area contributed by atoms with E-state index in [0.717, 1.165) is 25.7 Å². The van der Waals surface area contributed by atoms with Gasteiger partial charge < -0.3 is 10.2 Å². The smallest absolute Gasteiger partial charge is 0.0612 e. The normalized spacial score (nSPS) is 32.9. The standard InChI is InChI=1S/C9H16O2/c10-7-1-2-8-3-5-9(11)6-4-8/h1-2,8-11H,3-7H2/b2-1+. The SMILES string of the molecule is OC/C=C/C1CCC(O)CC1. The average molecular weight is 156 g/mol. The van der Waals surface area contributed by atoms with Crippen molar-refractivity contribution in [1.82, 2.24) is 0 Å². The van der Waals surface area contributed by atoms with E-state index >= 15 is 0 Å². The van der Waals surface area contributed by atoms with Gasteiger partial charge in [0, 0.05) is 0 Å². The van der Waals surface area contributed by atoms with Crippen molar-refractivity contribution in [2.75, 3.05) is 6.61 Å². The van der Waals surface area contributed by atoms with Gasteiger partial charge in [0.1, 0.15) is 0 Å². The van der Waals surface area contributed by atoms with Crippen LogP contribution in [0.3, 0.4) is 0 Å². The summed E-state index contributed by atoms with van der Waals surface area (Å²) in [5.74, 6) is 0.588. The maximum atomic E-state index is 9.18. The Balaban J connectivity index is 2.22. The molecule has 64 valence electrons. The monoisotopic (exact) mass is 156 g/mol. The van der Waals surface area contributed by atoms with Crippen LogP contribution >= 0.6 is 0 Å². The lowest BCUT2D eigenvalue weighted by Gasteiger charge is -2.22. The Morgan fingerprint density at radius 3 is 2.36 bits per heavy atom. The van der Waals surface area contributed by atoms with Crippen molar-refractivity contribution < 1.29 is 10.2 Å². The predicted octanol–water partition coefficient (Wildman–Crippen LogP) is 1.09. The second-order valence-corrected chi connectivity index (χ2v) is 3.18. The lowest BCUT2D eigenvalue weighted by Crippen LogP contribution is -2.16. The summed E-state index contributed by atoms with van der Waals surface area (Å²) >= 11 is 0. The van der Waals surface area contributed by atoms with Crippen molar-refractivity contribution >= 4 is 0 Å². The van der Waals surface area contributed by atoms with Crippen molar-refractivity contribution in [1.29, 1.82) is 0 Å². The highest BCUT2D eigenvalue weighted by Gasteiger charge is 2.16. The van der Waals surface area contributed by atoms with E-state index in [1.165, 1.54) is 0 Å². The summed E-state index contributed by atoms with van der Waals surface area (Å²) in [6, 6.07) is 0. The van der Waals surface area contributed by atoms with Gasteiger partial charge in [0.15, 0.2) is 0 Å². The van der Waals surface area contributed by atoms with E-state index < -0.39 is 0 Å². The summed E-state index contributed by atoms with van der Waals surface area (Å²) in [5, 5.41) is 17.7. The molecule has 1 saturated carbocycles. The first-order valence-electron chi connectivity index (χ1n) is 4.28. The summed E-state index contributed by atoms with van der Waals surface area (Å²) in [6.45, 7) is 0.138. The first-order valence-corrected chi connectivity index (χ1v) is 4.28. The van der Waals surface area contributed by atoms with E-state index in [-0.39, 0.29) is 12.7 Å². The van der Waals surface area contributed by atoms with Crippen LogP contribution in [-0.2, 0) is 0 Å². The van der Waals surface area contributed by atoms with E-state index in [2.05, 4.69) is 6.08 Å². The number of allylic oxidation sites excluding steroid dienone is 1. The molecule has 0 atom stereocenters. The second kappa shape index (κ2) is 4.52. The Morgan fingerprint density at radius 1 is 1.18 bits per heavy atom. The molecule has 2 heteroatoms. The minimum Gasteiger partial charge on any atom is -0.393 e. The highest BCUT2D eigenvalue weighted by atomic mass is 16.3. The van der Waals surface area contributed by atoms with Gasteiger partial charge in [-0.3, -0.25) is 0 Å². The molecule has 1 fully saturated rings. The van der Waals surface area contributed by atoms with Crippen LogP contribution in [0.1, 0.15) is 25.7 Å². The van der Waals surface area contributed by atoms with Crippen molar-refractivity contribution in [3.8, 4) is 0 Å². The fourth-order valence-corrected chi connectivity index (χ4v) is 1.55. The lowest BCUT2D eigenvalue weighted by molar-refractivity contribution is 0.118. The minimum atomic E-state index is -0.0752. The van der Waals surface area contributed by atoms with Crippen molar-refractivity contribution in [3.63, 3.8) is 0 Å². The molecule has 0 unspecified atom stereocenters. The van der Waals surface area contributed by atoms with E-state index in [0.29, 0.717) is 5.92 Å². The minimum absolute atomic E-state index is 0.0752. The molecule has 0 aliphatic heterocycles. The predicted molar refractivity (Wildman–Crippen MR) is 44.2 cm³/mol. The van der Waals surface area contributed by atoms with Gasteiger partial charge >= 0.3 is 0 Å². The first-order chi connectivity index (χ1) is 5.33. The molecule has 2 N–H and O–H groups in total. The van der Waals surface area contributed by atoms with Crippen LogP contribution in [0.5, 0.6) is 0 Å². The molecule has 0 aromatic heterocycles. The summed E-state index contributed by atoms with van der Waals surface area (Å²) in [6.07, 6.45) is 7.75. The third-order valence-electron chi connectivity index (χ3n) is 2.26. The topological polar surface area (TPSA) is 40.5 Å². The Bertz CT molecular complexity index is 124. The van der Waals surface area contributed by atoms with Gasteiger partial charge in [-0.05, 0) is 31.6 Å². The van der Waals surface area contributed by atoms with Crippen LogP contribution in [0.4, 0.5) is 0 Å². The molecule has 2 nitrogen and oxygen atoms in total. The van der Waals surface area contributed by atoms with Crippen molar-refractivity contribution in [2.24, 2.45) is 5.92 Å². The van der Waals surface area contributed by atoms with Gasteiger partial charge in [0.2, 0.25) is 0 Å². The third kappa shape index (κ3) is 3.04. The molecular formula is C9H16O2. The molecule has 0 bridgehead atoms. The van der Waals surface area contributed by atoms with Gasteiger partial charge in [-0.25, -0.2) is 0 Å². The molecule has 0 heterocycles. The second-order valence-electron chi connectivity index (χ2n) is 3.18. The maximum absolute atomic E-state index is 9.18. The van der Waals surface area contributed by atoms with Crippen molar-refractivity contribution in [3.05, 3.63) is 12.2 Å². The zero-order valence-corrected chi connectivity index (χ0v) is 6.74. The number of hydrogen-bond donors (Lipinski definition) is 2. The molecular weight excluding hydrogens is 140 g/mol. The largest absolute Gasteiger partial charge is 0.393 e. The van der Waals surface area contributed by atoms with Crippen LogP contribution in [-0.4, -0.2) is 22.9 Å².